The van der Waals surface area contributed by atoms with Gasteiger partial charge in [-0.2, -0.15) is 10.2 Å². The Morgan fingerprint density at radius 2 is 1.67 bits per heavy atom. The molecule has 18 heavy (non-hydrogen) atoms. The maximum atomic E-state index is 10.5. The van der Waals surface area contributed by atoms with Crippen molar-refractivity contribution in [2.24, 2.45) is 10.2 Å². The number of rotatable bonds is 4. The number of nitrogens with zero attached hydrogens (tertiary/aromatic N) is 3. The average Bonchev–Trinajstić information content (AvgIpc) is 2.40. The van der Waals surface area contributed by atoms with E-state index in [0.29, 0.717) is 12.2 Å². The van der Waals surface area contributed by atoms with Crippen molar-refractivity contribution in [3.63, 3.8) is 0 Å². The highest BCUT2D eigenvalue weighted by Crippen LogP contribution is 2.18. The van der Waals surface area contributed by atoms with Gasteiger partial charge in [0.1, 0.15) is 0 Å². The van der Waals surface area contributed by atoms with E-state index in [0.717, 1.165) is 5.56 Å². The number of hydrogen-bond acceptors (Lipinski definition) is 4. The molecule has 0 N–H and O–H groups in total. The van der Waals surface area contributed by atoms with Crippen LogP contribution < -0.4 is 0 Å². The van der Waals surface area contributed by atoms with Crippen molar-refractivity contribution >= 4 is 11.4 Å². The number of benzene rings is 2. The van der Waals surface area contributed by atoms with Crippen molar-refractivity contribution in [1.82, 2.24) is 0 Å². The molecular formula is C13H11N3O2. The quantitative estimate of drug-likeness (QED) is 0.463. The molecule has 0 aromatic heterocycles. The first-order valence-corrected chi connectivity index (χ1v) is 5.41. The Labute approximate surface area is 104 Å². The Balaban J connectivity index is 1.99. The smallest absolute Gasteiger partial charge is 0.258 e. The molecule has 90 valence electrons. The minimum Gasteiger partial charge on any atom is -0.258 e. The Morgan fingerprint density at radius 1 is 1.00 bits per heavy atom. The minimum absolute atomic E-state index is 0.0528. The van der Waals surface area contributed by atoms with Crippen LogP contribution in [0.15, 0.2) is 64.8 Å². The van der Waals surface area contributed by atoms with Gasteiger partial charge in [0.15, 0.2) is 0 Å². The van der Waals surface area contributed by atoms with Gasteiger partial charge in [-0.05, 0) is 17.7 Å². The Morgan fingerprint density at radius 3 is 2.28 bits per heavy atom. The van der Waals surface area contributed by atoms with E-state index in [9.17, 15) is 10.1 Å². The van der Waals surface area contributed by atoms with Crippen LogP contribution in [-0.4, -0.2) is 4.92 Å². The Bertz CT molecular complexity index is 550. The summed E-state index contributed by atoms with van der Waals surface area (Å²) in [5.74, 6) is 0. The molecule has 0 spiro atoms. The number of hydrogen-bond donors (Lipinski definition) is 0. The first-order chi connectivity index (χ1) is 8.75. The molecule has 2 aromatic rings. The molecular weight excluding hydrogens is 230 g/mol. The van der Waals surface area contributed by atoms with Crippen molar-refractivity contribution in [2.45, 2.75) is 6.54 Å². The zero-order valence-corrected chi connectivity index (χ0v) is 9.56. The minimum atomic E-state index is -0.440. The largest absolute Gasteiger partial charge is 0.269 e. The molecule has 0 saturated carbocycles. The van der Waals surface area contributed by atoms with Crippen molar-refractivity contribution in [2.75, 3.05) is 0 Å². The molecule has 0 aliphatic carbocycles. The second-order valence-electron chi connectivity index (χ2n) is 3.66. The summed E-state index contributed by atoms with van der Waals surface area (Å²) in [5, 5.41) is 18.5. The summed E-state index contributed by atoms with van der Waals surface area (Å²) in [6.45, 7) is 0.498. The van der Waals surface area contributed by atoms with Gasteiger partial charge in [-0.15, -0.1) is 0 Å². The van der Waals surface area contributed by atoms with Crippen LogP contribution in [0.2, 0.25) is 0 Å². The van der Waals surface area contributed by atoms with Crippen molar-refractivity contribution in [3.8, 4) is 0 Å². The maximum absolute atomic E-state index is 10.5. The summed E-state index contributed by atoms with van der Waals surface area (Å²) in [7, 11) is 0. The van der Waals surface area contributed by atoms with Crippen molar-refractivity contribution in [3.05, 3.63) is 70.3 Å². The number of non-ortho nitro benzene ring substituents is 1. The molecule has 0 aliphatic heterocycles. The molecule has 0 heterocycles. The van der Waals surface area contributed by atoms with Crippen LogP contribution in [0.4, 0.5) is 11.4 Å². The van der Waals surface area contributed by atoms with E-state index in [-0.39, 0.29) is 5.69 Å². The van der Waals surface area contributed by atoms with Gasteiger partial charge < -0.3 is 0 Å². The van der Waals surface area contributed by atoms with E-state index in [4.69, 9.17) is 0 Å². The number of nitro groups is 1. The highest BCUT2D eigenvalue weighted by Gasteiger charge is 2.02. The lowest BCUT2D eigenvalue weighted by atomic mass is 10.2. The Hall–Kier alpha value is -2.56. The molecule has 2 aromatic carbocycles. The molecule has 0 bridgehead atoms. The SMILES string of the molecule is O=[N+]([O-])c1ccc(N=NCc2ccccc2)cc1. The molecule has 0 fully saturated rings. The number of nitro benzene ring substituents is 1. The monoisotopic (exact) mass is 241 g/mol. The summed E-state index contributed by atoms with van der Waals surface area (Å²) in [6.07, 6.45) is 0. The molecule has 0 atom stereocenters. The summed E-state index contributed by atoms with van der Waals surface area (Å²) in [5.41, 5.74) is 1.73. The van der Waals surface area contributed by atoms with Gasteiger partial charge in [-0.3, -0.25) is 10.1 Å². The summed E-state index contributed by atoms with van der Waals surface area (Å²) in [4.78, 5) is 10.0. The van der Waals surface area contributed by atoms with E-state index < -0.39 is 4.92 Å². The van der Waals surface area contributed by atoms with E-state index in [2.05, 4.69) is 10.2 Å². The predicted molar refractivity (Wildman–Crippen MR) is 67.8 cm³/mol. The van der Waals surface area contributed by atoms with E-state index in [1.54, 1.807) is 12.1 Å². The van der Waals surface area contributed by atoms with Gasteiger partial charge in [-0.1, -0.05) is 30.3 Å². The summed E-state index contributed by atoms with van der Waals surface area (Å²) in [6, 6.07) is 15.7. The second kappa shape index (κ2) is 5.67. The number of azo groups is 1. The highest BCUT2D eigenvalue weighted by atomic mass is 16.6. The standard InChI is InChI=1S/C13H11N3O2/c17-16(18)13-8-6-12(7-9-13)15-14-10-11-4-2-1-3-5-11/h1-9H,10H2. The van der Waals surface area contributed by atoms with Crippen LogP contribution in [0.3, 0.4) is 0 Å². The Kier molecular flexibility index (Phi) is 3.76. The molecule has 5 nitrogen and oxygen atoms in total. The summed E-state index contributed by atoms with van der Waals surface area (Å²) < 4.78 is 0. The van der Waals surface area contributed by atoms with Gasteiger partial charge in [-0.25, -0.2) is 0 Å². The fraction of sp³-hybridized carbons (Fsp3) is 0.0769. The van der Waals surface area contributed by atoms with Gasteiger partial charge in [0.05, 0.1) is 17.2 Å². The van der Waals surface area contributed by atoms with Crippen LogP contribution in [0.5, 0.6) is 0 Å². The van der Waals surface area contributed by atoms with E-state index >= 15 is 0 Å². The third-order valence-electron chi connectivity index (χ3n) is 2.34. The van der Waals surface area contributed by atoms with Crippen LogP contribution >= 0.6 is 0 Å². The van der Waals surface area contributed by atoms with Crippen molar-refractivity contribution in [1.29, 1.82) is 0 Å². The van der Waals surface area contributed by atoms with E-state index in [1.807, 2.05) is 30.3 Å². The maximum Gasteiger partial charge on any atom is 0.269 e. The van der Waals surface area contributed by atoms with Gasteiger partial charge in [0, 0.05) is 12.1 Å². The first-order valence-electron chi connectivity index (χ1n) is 5.41. The third-order valence-corrected chi connectivity index (χ3v) is 2.34. The average molecular weight is 241 g/mol. The van der Waals surface area contributed by atoms with Gasteiger partial charge in [0.25, 0.3) is 5.69 Å². The molecule has 0 unspecified atom stereocenters. The lowest BCUT2D eigenvalue weighted by Crippen LogP contribution is -1.85. The highest BCUT2D eigenvalue weighted by molar-refractivity contribution is 5.43. The fourth-order valence-corrected chi connectivity index (χ4v) is 1.42. The van der Waals surface area contributed by atoms with E-state index in [1.165, 1.54) is 12.1 Å². The predicted octanol–water partition coefficient (Wildman–Crippen LogP) is 3.88. The summed E-state index contributed by atoms with van der Waals surface area (Å²) >= 11 is 0. The third kappa shape index (κ3) is 3.21. The van der Waals surface area contributed by atoms with Crippen molar-refractivity contribution < 1.29 is 4.92 Å². The first kappa shape index (κ1) is 11.9. The lowest BCUT2D eigenvalue weighted by Gasteiger charge is -1.94. The molecule has 0 aliphatic rings. The zero-order valence-electron chi connectivity index (χ0n) is 9.56. The normalized spacial score (nSPS) is 10.7. The molecule has 0 radical (unpaired) electrons. The zero-order chi connectivity index (χ0) is 12.8. The van der Waals surface area contributed by atoms with Gasteiger partial charge >= 0.3 is 0 Å². The molecule has 0 amide bonds. The molecule has 2 rings (SSSR count). The van der Waals surface area contributed by atoms with Crippen LogP contribution in [0.1, 0.15) is 5.56 Å². The lowest BCUT2D eigenvalue weighted by molar-refractivity contribution is -0.384. The fourth-order valence-electron chi connectivity index (χ4n) is 1.42. The van der Waals surface area contributed by atoms with Gasteiger partial charge in [0.2, 0.25) is 0 Å². The van der Waals surface area contributed by atoms with Crippen LogP contribution in [0.25, 0.3) is 0 Å². The molecule has 5 heteroatoms. The molecule has 0 saturated heterocycles. The van der Waals surface area contributed by atoms with Crippen LogP contribution in [0, 0.1) is 10.1 Å². The van der Waals surface area contributed by atoms with Crippen LogP contribution in [-0.2, 0) is 6.54 Å². The topological polar surface area (TPSA) is 67.9 Å². The second-order valence-corrected chi connectivity index (χ2v) is 3.66.